The first-order valence-electron chi connectivity index (χ1n) is 3.85. The number of thiophene rings is 1. The van der Waals surface area contributed by atoms with Crippen LogP contribution in [0.4, 0.5) is 0 Å². The van der Waals surface area contributed by atoms with Gasteiger partial charge in [0.1, 0.15) is 0 Å². The number of hydrogen-bond donors (Lipinski definition) is 2. The third-order valence-corrected chi connectivity index (χ3v) is 3.04. The van der Waals surface area contributed by atoms with Crippen molar-refractivity contribution >= 4 is 11.3 Å². The Kier molecular flexibility index (Phi) is 1.94. The van der Waals surface area contributed by atoms with Crippen molar-refractivity contribution in [2.24, 2.45) is 5.92 Å². The fraction of sp³-hybridized carbons (Fsp3) is 0.500. The van der Waals surface area contributed by atoms with Crippen LogP contribution < -0.4 is 5.48 Å². The SMILES string of the molecule is ONC(c1cccs1)C1CC1. The quantitative estimate of drug-likeness (QED) is 0.680. The maximum absolute atomic E-state index is 8.86. The maximum Gasteiger partial charge on any atom is 0.0690 e. The van der Waals surface area contributed by atoms with Crippen molar-refractivity contribution in [1.29, 1.82) is 0 Å². The standard InChI is InChI=1S/C8H11NOS/c10-9-8(6-3-4-6)7-2-1-5-11-7/h1-2,5-6,8-10H,3-4H2. The fourth-order valence-electron chi connectivity index (χ4n) is 1.30. The lowest BCUT2D eigenvalue weighted by molar-refractivity contribution is 0.118. The van der Waals surface area contributed by atoms with Gasteiger partial charge in [-0.3, -0.25) is 0 Å². The molecule has 1 heterocycles. The Hall–Kier alpha value is -0.380. The van der Waals surface area contributed by atoms with E-state index in [-0.39, 0.29) is 6.04 Å². The molecule has 0 aliphatic heterocycles. The molecule has 2 rings (SSSR count). The van der Waals surface area contributed by atoms with E-state index in [0.717, 1.165) is 0 Å². The maximum atomic E-state index is 8.86. The zero-order chi connectivity index (χ0) is 7.68. The van der Waals surface area contributed by atoms with E-state index in [9.17, 15) is 0 Å². The van der Waals surface area contributed by atoms with Gasteiger partial charge in [0, 0.05) is 4.88 Å². The lowest BCUT2D eigenvalue weighted by Crippen LogP contribution is -2.17. The van der Waals surface area contributed by atoms with Crippen LogP contribution in [0.25, 0.3) is 0 Å². The molecule has 0 spiro atoms. The molecule has 3 heteroatoms. The summed E-state index contributed by atoms with van der Waals surface area (Å²) in [4.78, 5) is 1.25. The average Bonchev–Trinajstić information content (AvgIpc) is 2.68. The van der Waals surface area contributed by atoms with Crippen LogP contribution in [0.2, 0.25) is 0 Å². The monoisotopic (exact) mass is 169 g/mol. The summed E-state index contributed by atoms with van der Waals surface area (Å²) in [5.41, 5.74) is 2.38. The van der Waals surface area contributed by atoms with E-state index in [0.29, 0.717) is 5.92 Å². The van der Waals surface area contributed by atoms with Gasteiger partial charge in [-0.15, -0.1) is 11.3 Å². The van der Waals surface area contributed by atoms with E-state index < -0.39 is 0 Å². The van der Waals surface area contributed by atoms with Gasteiger partial charge in [-0.05, 0) is 30.2 Å². The second-order valence-electron chi connectivity index (χ2n) is 2.96. The summed E-state index contributed by atoms with van der Waals surface area (Å²) in [5.74, 6) is 0.665. The van der Waals surface area contributed by atoms with E-state index in [2.05, 4.69) is 11.5 Å². The summed E-state index contributed by atoms with van der Waals surface area (Å²) in [7, 11) is 0. The van der Waals surface area contributed by atoms with E-state index in [4.69, 9.17) is 5.21 Å². The molecule has 0 bridgehead atoms. The molecular formula is C8H11NOS. The van der Waals surface area contributed by atoms with Crippen LogP contribution >= 0.6 is 11.3 Å². The fourth-order valence-corrected chi connectivity index (χ4v) is 2.16. The third kappa shape index (κ3) is 1.45. The van der Waals surface area contributed by atoms with E-state index in [1.54, 1.807) is 11.3 Å². The molecule has 0 radical (unpaired) electrons. The van der Waals surface area contributed by atoms with Crippen LogP contribution in [0.3, 0.4) is 0 Å². The summed E-state index contributed by atoms with van der Waals surface area (Å²) < 4.78 is 0. The first-order chi connectivity index (χ1) is 5.42. The van der Waals surface area contributed by atoms with Gasteiger partial charge in [0.2, 0.25) is 0 Å². The largest absolute Gasteiger partial charge is 0.316 e. The van der Waals surface area contributed by atoms with Gasteiger partial charge >= 0.3 is 0 Å². The lowest BCUT2D eigenvalue weighted by Gasteiger charge is -2.10. The van der Waals surface area contributed by atoms with Gasteiger partial charge in [0.15, 0.2) is 0 Å². The average molecular weight is 169 g/mol. The molecule has 1 aromatic rings. The Morgan fingerprint density at radius 3 is 2.91 bits per heavy atom. The van der Waals surface area contributed by atoms with Gasteiger partial charge < -0.3 is 5.21 Å². The highest BCUT2D eigenvalue weighted by Gasteiger charge is 2.32. The van der Waals surface area contributed by atoms with Crippen molar-refractivity contribution in [3.05, 3.63) is 22.4 Å². The van der Waals surface area contributed by atoms with Gasteiger partial charge in [0.05, 0.1) is 6.04 Å². The lowest BCUT2D eigenvalue weighted by atomic mass is 10.2. The summed E-state index contributed by atoms with van der Waals surface area (Å²) >= 11 is 1.70. The van der Waals surface area contributed by atoms with Crippen LogP contribution in [0.5, 0.6) is 0 Å². The molecule has 0 saturated heterocycles. The molecule has 1 atom stereocenters. The molecule has 1 fully saturated rings. The molecule has 2 nitrogen and oxygen atoms in total. The first kappa shape index (κ1) is 7.28. The third-order valence-electron chi connectivity index (χ3n) is 2.08. The molecule has 1 aliphatic carbocycles. The molecule has 0 aromatic carbocycles. The van der Waals surface area contributed by atoms with E-state index in [1.807, 2.05) is 11.4 Å². The van der Waals surface area contributed by atoms with Gasteiger partial charge in [-0.2, -0.15) is 5.48 Å². The van der Waals surface area contributed by atoms with Crippen molar-refractivity contribution < 1.29 is 5.21 Å². The Morgan fingerprint density at radius 1 is 1.64 bits per heavy atom. The summed E-state index contributed by atoms with van der Waals surface area (Å²) in [5, 5.41) is 10.9. The Bertz CT molecular complexity index is 218. The number of hydroxylamine groups is 1. The predicted octanol–water partition coefficient (Wildman–Crippen LogP) is 2.18. The molecule has 1 aliphatic rings. The zero-order valence-corrected chi connectivity index (χ0v) is 6.97. The highest BCUT2D eigenvalue weighted by molar-refractivity contribution is 7.10. The van der Waals surface area contributed by atoms with Crippen LogP contribution in [-0.2, 0) is 0 Å². The van der Waals surface area contributed by atoms with Crippen LogP contribution in [-0.4, -0.2) is 5.21 Å². The molecule has 2 N–H and O–H groups in total. The summed E-state index contributed by atoms with van der Waals surface area (Å²) in [6.45, 7) is 0. The molecular weight excluding hydrogens is 158 g/mol. The van der Waals surface area contributed by atoms with Crippen LogP contribution in [0.15, 0.2) is 17.5 Å². The van der Waals surface area contributed by atoms with E-state index in [1.165, 1.54) is 17.7 Å². The van der Waals surface area contributed by atoms with Gasteiger partial charge in [0.25, 0.3) is 0 Å². The Morgan fingerprint density at radius 2 is 2.45 bits per heavy atom. The first-order valence-corrected chi connectivity index (χ1v) is 4.73. The second-order valence-corrected chi connectivity index (χ2v) is 3.94. The highest BCUT2D eigenvalue weighted by atomic mass is 32.1. The number of rotatable bonds is 3. The normalized spacial score (nSPS) is 20.1. The van der Waals surface area contributed by atoms with Gasteiger partial charge in [-0.1, -0.05) is 6.07 Å². The summed E-state index contributed by atoms with van der Waals surface area (Å²) in [6, 6.07) is 4.28. The minimum absolute atomic E-state index is 0.190. The van der Waals surface area contributed by atoms with Crippen molar-refractivity contribution in [2.75, 3.05) is 0 Å². The predicted molar refractivity (Wildman–Crippen MR) is 44.7 cm³/mol. The molecule has 1 saturated carbocycles. The number of hydrogen-bond acceptors (Lipinski definition) is 3. The van der Waals surface area contributed by atoms with Crippen molar-refractivity contribution in [1.82, 2.24) is 5.48 Å². The Balaban J connectivity index is 2.11. The smallest absolute Gasteiger partial charge is 0.0690 e. The molecule has 0 amide bonds. The zero-order valence-electron chi connectivity index (χ0n) is 6.16. The molecule has 1 aromatic heterocycles. The molecule has 11 heavy (non-hydrogen) atoms. The van der Waals surface area contributed by atoms with Gasteiger partial charge in [-0.25, -0.2) is 0 Å². The topological polar surface area (TPSA) is 32.3 Å². The molecule has 1 unspecified atom stereocenters. The minimum Gasteiger partial charge on any atom is -0.316 e. The number of nitrogens with one attached hydrogen (secondary N) is 1. The van der Waals surface area contributed by atoms with Crippen molar-refractivity contribution in [3.8, 4) is 0 Å². The van der Waals surface area contributed by atoms with E-state index >= 15 is 0 Å². The van der Waals surface area contributed by atoms with Crippen LogP contribution in [0, 0.1) is 5.92 Å². The van der Waals surface area contributed by atoms with Crippen molar-refractivity contribution in [2.45, 2.75) is 18.9 Å². The van der Waals surface area contributed by atoms with Crippen molar-refractivity contribution in [3.63, 3.8) is 0 Å². The Labute approximate surface area is 69.8 Å². The summed E-state index contributed by atoms with van der Waals surface area (Å²) in [6.07, 6.45) is 2.49. The molecule has 60 valence electrons. The van der Waals surface area contributed by atoms with Crippen LogP contribution in [0.1, 0.15) is 23.8 Å². The minimum atomic E-state index is 0.190. The highest BCUT2D eigenvalue weighted by Crippen LogP contribution is 2.41. The second kappa shape index (κ2) is 2.93.